The number of carbonyl (C=O) groups excluding carboxylic acids is 1. The molecular formula is C18H24FN5O3. The smallest absolute Gasteiger partial charge is 0.317 e. The minimum Gasteiger partial charge on any atom is -0.379 e. The first-order valence-electron chi connectivity index (χ1n) is 8.93. The van der Waals surface area contributed by atoms with Gasteiger partial charge in [-0.1, -0.05) is 17.3 Å². The molecule has 0 radical (unpaired) electrons. The van der Waals surface area contributed by atoms with Crippen molar-refractivity contribution in [2.45, 2.75) is 19.5 Å². The number of hydrogen-bond donors (Lipinski definition) is 1. The summed E-state index contributed by atoms with van der Waals surface area (Å²) in [6.45, 7) is 5.96. The van der Waals surface area contributed by atoms with Crippen LogP contribution in [0.1, 0.15) is 12.8 Å². The molecule has 146 valence electrons. The fraction of sp³-hybridized carbons (Fsp3) is 0.500. The predicted molar refractivity (Wildman–Crippen MR) is 96.4 cm³/mol. The molecule has 1 N–H and O–H groups in total. The van der Waals surface area contributed by atoms with Crippen LogP contribution in [0.2, 0.25) is 0 Å². The third kappa shape index (κ3) is 5.01. The fourth-order valence-electron chi connectivity index (χ4n) is 2.98. The molecule has 27 heavy (non-hydrogen) atoms. The quantitative estimate of drug-likeness (QED) is 0.826. The van der Waals surface area contributed by atoms with E-state index in [0.29, 0.717) is 6.54 Å². The zero-order valence-electron chi connectivity index (χ0n) is 15.5. The Bertz CT molecular complexity index is 763. The Balaban J connectivity index is 1.49. The van der Waals surface area contributed by atoms with Gasteiger partial charge < -0.3 is 19.5 Å². The van der Waals surface area contributed by atoms with E-state index in [-0.39, 0.29) is 35.9 Å². The van der Waals surface area contributed by atoms with Gasteiger partial charge in [-0.2, -0.15) is 4.98 Å². The Kier molecular flexibility index (Phi) is 6.36. The summed E-state index contributed by atoms with van der Waals surface area (Å²) in [6.07, 6.45) is 0. The summed E-state index contributed by atoms with van der Waals surface area (Å²) < 4.78 is 24.2. The van der Waals surface area contributed by atoms with E-state index in [0.717, 1.165) is 26.3 Å². The highest BCUT2D eigenvalue weighted by Crippen LogP contribution is 2.19. The van der Waals surface area contributed by atoms with Crippen LogP contribution in [0, 0.1) is 5.82 Å². The van der Waals surface area contributed by atoms with Gasteiger partial charge in [-0.15, -0.1) is 0 Å². The molecule has 0 spiro atoms. The number of carbonyl (C=O) groups is 1. The van der Waals surface area contributed by atoms with Gasteiger partial charge in [0.15, 0.2) is 0 Å². The Morgan fingerprint density at radius 1 is 1.37 bits per heavy atom. The molecule has 1 aromatic heterocycles. The maximum absolute atomic E-state index is 13.8. The van der Waals surface area contributed by atoms with Gasteiger partial charge in [0.1, 0.15) is 5.82 Å². The summed E-state index contributed by atoms with van der Waals surface area (Å²) in [5.41, 5.74) is 0.260. The Labute approximate surface area is 157 Å². The van der Waals surface area contributed by atoms with E-state index in [4.69, 9.17) is 9.26 Å². The molecule has 2 heterocycles. The van der Waals surface area contributed by atoms with Gasteiger partial charge in [0, 0.05) is 32.7 Å². The number of ether oxygens (including phenoxy) is 1. The highest BCUT2D eigenvalue weighted by Gasteiger charge is 2.20. The van der Waals surface area contributed by atoms with Gasteiger partial charge in [-0.25, -0.2) is 9.18 Å². The number of nitrogens with zero attached hydrogens (tertiary/aromatic N) is 4. The number of benzene rings is 1. The summed E-state index contributed by atoms with van der Waals surface area (Å²) in [5.74, 6) is -0.0476. The van der Waals surface area contributed by atoms with Crippen molar-refractivity contribution >= 4 is 6.03 Å². The normalized spacial score (nSPS) is 16.1. The minimum atomic E-state index is -0.425. The molecule has 0 aliphatic carbocycles. The second-order valence-electron chi connectivity index (χ2n) is 6.53. The third-order valence-electron chi connectivity index (χ3n) is 4.53. The molecular weight excluding hydrogens is 353 g/mol. The van der Waals surface area contributed by atoms with Gasteiger partial charge in [0.2, 0.25) is 11.7 Å². The van der Waals surface area contributed by atoms with Crippen molar-refractivity contribution < 1.29 is 18.4 Å². The molecule has 2 amide bonds. The molecule has 1 aromatic carbocycles. The number of amides is 2. The van der Waals surface area contributed by atoms with Crippen LogP contribution in [-0.4, -0.2) is 71.9 Å². The number of morpholine rings is 1. The van der Waals surface area contributed by atoms with E-state index in [1.807, 2.05) is 0 Å². The molecule has 1 saturated heterocycles. The van der Waals surface area contributed by atoms with E-state index in [2.05, 4.69) is 27.3 Å². The molecule has 1 atom stereocenters. The Hall–Kier alpha value is -2.52. The van der Waals surface area contributed by atoms with Crippen molar-refractivity contribution in [2.75, 3.05) is 39.9 Å². The van der Waals surface area contributed by atoms with Crippen molar-refractivity contribution in [3.8, 4) is 11.4 Å². The maximum Gasteiger partial charge on any atom is 0.317 e. The molecule has 0 bridgehead atoms. The zero-order valence-corrected chi connectivity index (χ0v) is 15.5. The van der Waals surface area contributed by atoms with E-state index in [9.17, 15) is 9.18 Å². The molecule has 2 aromatic rings. The monoisotopic (exact) mass is 377 g/mol. The predicted octanol–water partition coefficient (Wildman–Crippen LogP) is 1.74. The lowest BCUT2D eigenvalue weighted by Gasteiger charge is -2.34. The lowest BCUT2D eigenvalue weighted by molar-refractivity contribution is 0.0161. The van der Waals surface area contributed by atoms with Crippen LogP contribution >= 0.6 is 0 Å². The van der Waals surface area contributed by atoms with Gasteiger partial charge >= 0.3 is 6.03 Å². The summed E-state index contributed by atoms with van der Waals surface area (Å²) >= 11 is 0. The molecule has 1 aliphatic rings. The second kappa shape index (κ2) is 8.92. The number of urea groups is 1. The highest BCUT2D eigenvalue weighted by atomic mass is 19.1. The van der Waals surface area contributed by atoms with Crippen LogP contribution in [0.4, 0.5) is 9.18 Å². The summed E-state index contributed by atoms with van der Waals surface area (Å²) in [4.78, 5) is 20.3. The number of nitrogens with one attached hydrogen (secondary N) is 1. The first-order valence-corrected chi connectivity index (χ1v) is 8.93. The van der Waals surface area contributed by atoms with Crippen molar-refractivity contribution in [3.63, 3.8) is 0 Å². The topological polar surface area (TPSA) is 83.7 Å². The van der Waals surface area contributed by atoms with E-state index in [1.165, 1.54) is 6.07 Å². The fourth-order valence-corrected chi connectivity index (χ4v) is 2.98. The molecule has 9 heteroatoms. The zero-order chi connectivity index (χ0) is 19.2. The summed E-state index contributed by atoms with van der Waals surface area (Å²) in [7, 11) is 1.74. The van der Waals surface area contributed by atoms with Crippen LogP contribution in [0.3, 0.4) is 0 Å². The van der Waals surface area contributed by atoms with E-state index in [1.54, 1.807) is 30.1 Å². The first kappa shape index (κ1) is 19.2. The molecule has 1 aliphatic heterocycles. The standard InChI is InChI=1S/C18H24FN5O3/c1-13(24-7-9-26-10-8-24)12-23(2)18(25)20-11-16-21-17(22-27-16)14-5-3-4-6-15(14)19/h3-6,13H,7-12H2,1-2H3,(H,20,25). The van der Waals surface area contributed by atoms with E-state index < -0.39 is 5.82 Å². The Morgan fingerprint density at radius 2 is 2.11 bits per heavy atom. The van der Waals surface area contributed by atoms with Gasteiger partial charge in [0.05, 0.1) is 25.3 Å². The lowest BCUT2D eigenvalue weighted by atomic mass is 10.2. The van der Waals surface area contributed by atoms with Crippen LogP contribution in [0.25, 0.3) is 11.4 Å². The summed E-state index contributed by atoms with van der Waals surface area (Å²) in [5, 5.41) is 6.51. The summed E-state index contributed by atoms with van der Waals surface area (Å²) in [6, 6.07) is 6.19. The molecule has 1 fully saturated rings. The third-order valence-corrected chi connectivity index (χ3v) is 4.53. The van der Waals surface area contributed by atoms with Crippen molar-refractivity contribution in [2.24, 2.45) is 0 Å². The minimum absolute atomic E-state index is 0.0799. The van der Waals surface area contributed by atoms with Gasteiger partial charge in [-0.3, -0.25) is 4.90 Å². The van der Waals surface area contributed by atoms with Crippen molar-refractivity contribution in [1.29, 1.82) is 0 Å². The van der Waals surface area contributed by atoms with Crippen molar-refractivity contribution in [1.82, 2.24) is 25.3 Å². The van der Waals surface area contributed by atoms with Crippen LogP contribution < -0.4 is 5.32 Å². The van der Waals surface area contributed by atoms with Gasteiger partial charge in [-0.05, 0) is 19.1 Å². The van der Waals surface area contributed by atoms with Crippen LogP contribution in [-0.2, 0) is 11.3 Å². The van der Waals surface area contributed by atoms with Crippen LogP contribution in [0.5, 0.6) is 0 Å². The van der Waals surface area contributed by atoms with Crippen molar-refractivity contribution in [3.05, 3.63) is 36.0 Å². The largest absolute Gasteiger partial charge is 0.379 e. The number of halogens is 1. The van der Waals surface area contributed by atoms with E-state index >= 15 is 0 Å². The number of likely N-dealkylation sites (N-methyl/N-ethyl adjacent to an activating group) is 1. The molecule has 3 rings (SSSR count). The SMILES string of the molecule is CC(CN(C)C(=O)NCc1nc(-c2ccccc2F)no1)N1CCOCC1. The van der Waals surface area contributed by atoms with Crippen LogP contribution in [0.15, 0.2) is 28.8 Å². The average molecular weight is 377 g/mol. The van der Waals surface area contributed by atoms with Gasteiger partial charge in [0.25, 0.3) is 0 Å². The number of hydrogen-bond acceptors (Lipinski definition) is 6. The molecule has 0 saturated carbocycles. The second-order valence-corrected chi connectivity index (χ2v) is 6.53. The first-order chi connectivity index (χ1) is 13.0. The average Bonchev–Trinajstić information content (AvgIpc) is 3.15. The molecule has 8 nitrogen and oxygen atoms in total. The number of rotatable bonds is 6. The highest BCUT2D eigenvalue weighted by molar-refractivity contribution is 5.73. The lowest BCUT2D eigenvalue weighted by Crippen LogP contribution is -2.49. The number of aromatic nitrogens is 2. The molecule has 1 unspecified atom stereocenters. The Morgan fingerprint density at radius 3 is 2.85 bits per heavy atom. The maximum atomic E-state index is 13.8.